The molecule has 8 nitrogen and oxygen atoms in total. The quantitative estimate of drug-likeness (QED) is 0.318. The van der Waals surface area contributed by atoms with Gasteiger partial charge in [-0.2, -0.15) is 5.26 Å². The van der Waals surface area contributed by atoms with Gasteiger partial charge in [0.25, 0.3) is 0 Å². The molecular formula is C32H30N8. The van der Waals surface area contributed by atoms with Crippen molar-refractivity contribution in [3.05, 3.63) is 90.6 Å². The Hall–Kier alpha value is -4.74. The molecule has 0 radical (unpaired) electrons. The number of hydrogen-bond donors (Lipinski definition) is 1. The summed E-state index contributed by atoms with van der Waals surface area (Å²) in [6, 6.07) is 26.7. The number of likely N-dealkylation sites (tertiary alicyclic amines) is 2. The summed E-state index contributed by atoms with van der Waals surface area (Å²) < 4.78 is 2.08. The first kappa shape index (κ1) is 24.3. The van der Waals surface area contributed by atoms with Crippen LogP contribution in [-0.4, -0.2) is 55.5 Å². The van der Waals surface area contributed by atoms with Gasteiger partial charge >= 0.3 is 0 Å². The second-order valence-corrected chi connectivity index (χ2v) is 11.0. The molecule has 2 aliphatic heterocycles. The van der Waals surface area contributed by atoms with E-state index in [0.717, 1.165) is 78.6 Å². The Morgan fingerprint density at radius 1 is 0.900 bits per heavy atom. The van der Waals surface area contributed by atoms with Crippen LogP contribution in [0.25, 0.3) is 39.5 Å². The normalized spacial score (nSPS) is 16.6. The van der Waals surface area contributed by atoms with Crippen LogP contribution in [0.1, 0.15) is 18.4 Å². The van der Waals surface area contributed by atoms with Crippen molar-refractivity contribution in [2.45, 2.75) is 19.4 Å². The summed E-state index contributed by atoms with van der Waals surface area (Å²) in [6.45, 7) is 4.80. The molecule has 0 amide bonds. The third kappa shape index (κ3) is 4.34. The maximum Gasteiger partial charge on any atom is 0.179 e. The molecule has 40 heavy (non-hydrogen) atoms. The second kappa shape index (κ2) is 9.78. The van der Waals surface area contributed by atoms with E-state index in [-0.39, 0.29) is 5.41 Å². The zero-order valence-electron chi connectivity index (χ0n) is 22.2. The molecule has 2 saturated heterocycles. The Bertz CT molecular complexity index is 1710. The molecule has 0 atom stereocenters. The van der Waals surface area contributed by atoms with Crippen molar-refractivity contribution in [1.29, 1.82) is 5.26 Å². The van der Waals surface area contributed by atoms with Crippen molar-refractivity contribution in [1.82, 2.24) is 29.3 Å². The fourth-order valence-corrected chi connectivity index (χ4v) is 6.33. The first-order chi connectivity index (χ1) is 19.6. The van der Waals surface area contributed by atoms with Crippen LogP contribution in [-0.2, 0) is 6.54 Å². The first-order valence-electron chi connectivity index (χ1n) is 13.7. The Morgan fingerprint density at radius 2 is 1.73 bits per heavy atom. The van der Waals surface area contributed by atoms with Crippen molar-refractivity contribution in [2.75, 3.05) is 31.9 Å². The second-order valence-electron chi connectivity index (χ2n) is 11.0. The van der Waals surface area contributed by atoms with Gasteiger partial charge in [0.1, 0.15) is 11.3 Å². The highest BCUT2D eigenvalue weighted by Gasteiger charge is 2.45. The van der Waals surface area contributed by atoms with Gasteiger partial charge < -0.3 is 10.6 Å². The predicted octanol–water partition coefficient (Wildman–Crippen LogP) is 5.11. The molecule has 5 heterocycles. The van der Waals surface area contributed by atoms with Gasteiger partial charge in [-0.15, -0.1) is 0 Å². The molecular weight excluding hydrogens is 496 g/mol. The van der Waals surface area contributed by atoms with Gasteiger partial charge in [-0.1, -0.05) is 42.5 Å². The lowest BCUT2D eigenvalue weighted by Crippen LogP contribution is -2.61. The van der Waals surface area contributed by atoms with E-state index < -0.39 is 0 Å². The monoisotopic (exact) mass is 526 g/mol. The average Bonchev–Trinajstić information content (AvgIpc) is 3.36. The minimum atomic E-state index is 0.282. The number of nitrogens with two attached hydrogens (primary N) is 1. The summed E-state index contributed by atoms with van der Waals surface area (Å²) >= 11 is 0. The van der Waals surface area contributed by atoms with Gasteiger partial charge in [0, 0.05) is 55.6 Å². The van der Waals surface area contributed by atoms with E-state index in [2.05, 4.69) is 57.0 Å². The Labute approximate surface area is 233 Å². The van der Waals surface area contributed by atoms with Crippen molar-refractivity contribution in [2.24, 2.45) is 5.41 Å². The fourth-order valence-electron chi connectivity index (χ4n) is 6.33. The Balaban J connectivity index is 1.21. The highest BCUT2D eigenvalue weighted by molar-refractivity contribution is 5.84. The smallest absolute Gasteiger partial charge is 0.179 e. The van der Waals surface area contributed by atoms with E-state index in [1.807, 2.05) is 47.4 Å². The Morgan fingerprint density at radius 3 is 2.50 bits per heavy atom. The zero-order chi connectivity index (χ0) is 27.1. The van der Waals surface area contributed by atoms with Crippen molar-refractivity contribution in [3.63, 3.8) is 0 Å². The molecule has 8 heteroatoms. The maximum absolute atomic E-state index is 9.34. The van der Waals surface area contributed by atoms with Crippen LogP contribution in [0.2, 0.25) is 0 Å². The lowest BCUT2D eigenvalue weighted by Gasteiger charge is -2.54. The molecule has 2 aromatic carbocycles. The summed E-state index contributed by atoms with van der Waals surface area (Å²) in [6.07, 6.45) is 6.36. The molecule has 0 aliphatic carbocycles. The Kier molecular flexibility index (Phi) is 5.94. The number of anilines is 1. The topological polar surface area (TPSA) is 99.9 Å². The van der Waals surface area contributed by atoms with Gasteiger partial charge in [-0.25, -0.2) is 15.0 Å². The average molecular weight is 527 g/mol. The molecule has 7 rings (SSSR count). The number of hydrogen-bond acceptors (Lipinski definition) is 7. The lowest BCUT2D eigenvalue weighted by atomic mass is 9.73. The SMILES string of the molecule is N#CN1CCCC2(C1)CN(Cc1ccc(-n3c(-c4cccnc4N)nc4ccc(-c5ccccc5)nc43)cc1)C2. The molecule has 2 N–H and O–H groups in total. The standard InChI is InChI=1S/C32H30N8/c33-22-38-17-5-15-32(19-38)20-39(21-32)18-23-9-11-25(12-10-23)40-30(26-8-4-16-35-29(26)34)37-28-14-13-27(36-31(28)40)24-6-2-1-3-7-24/h1-4,6-14,16H,5,15,17-21H2,(H2,34,35). The predicted molar refractivity (Wildman–Crippen MR) is 156 cm³/mol. The third-order valence-electron chi connectivity index (χ3n) is 8.18. The van der Waals surface area contributed by atoms with E-state index in [0.29, 0.717) is 5.82 Å². The number of benzene rings is 2. The van der Waals surface area contributed by atoms with Crippen LogP contribution in [0.4, 0.5) is 5.82 Å². The van der Waals surface area contributed by atoms with Crippen LogP contribution >= 0.6 is 0 Å². The van der Waals surface area contributed by atoms with Crippen molar-refractivity contribution in [3.8, 4) is 34.5 Å². The summed E-state index contributed by atoms with van der Waals surface area (Å²) in [5, 5.41) is 9.34. The fraction of sp³-hybridized carbons (Fsp3) is 0.250. The third-order valence-corrected chi connectivity index (χ3v) is 8.18. The number of piperidine rings is 1. The van der Waals surface area contributed by atoms with Crippen molar-refractivity contribution < 1.29 is 0 Å². The number of nitriles is 1. The molecule has 1 spiro atoms. The van der Waals surface area contributed by atoms with Crippen LogP contribution in [0.3, 0.4) is 0 Å². The highest BCUT2D eigenvalue weighted by atomic mass is 15.2. The summed E-state index contributed by atoms with van der Waals surface area (Å²) in [5.74, 6) is 1.15. The number of nitrogens with zero attached hydrogens (tertiary/aromatic N) is 7. The number of pyridine rings is 2. The number of fused-ring (bicyclic) bond motifs is 1. The molecule has 2 fully saturated rings. The summed E-state index contributed by atoms with van der Waals surface area (Å²) in [7, 11) is 0. The number of nitrogen functional groups attached to an aromatic ring is 1. The van der Waals surface area contributed by atoms with E-state index in [1.54, 1.807) is 6.20 Å². The van der Waals surface area contributed by atoms with Gasteiger partial charge in [0.15, 0.2) is 17.7 Å². The highest BCUT2D eigenvalue weighted by Crippen LogP contribution is 2.39. The molecule has 3 aromatic heterocycles. The minimum Gasteiger partial charge on any atom is -0.383 e. The molecule has 0 unspecified atom stereocenters. The maximum atomic E-state index is 9.34. The molecule has 0 saturated carbocycles. The van der Waals surface area contributed by atoms with Gasteiger partial charge in [-0.3, -0.25) is 9.47 Å². The number of aromatic nitrogens is 4. The van der Waals surface area contributed by atoms with E-state index >= 15 is 0 Å². The number of imidazole rings is 1. The lowest BCUT2D eigenvalue weighted by molar-refractivity contribution is -0.0465. The van der Waals surface area contributed by atoms with Crippen molar-refractivity contribution >= 4 is 17.0 Å². The van der Waals surface area contributed by atoms with Gasteiger partial charge in [0.05, 0.1) is 11.3 Å². The molecule has 5 aromatic rings. The van der Waals surface area contributed by atoms with E-state index in [1.165, 1.54) is 12.0 Å². The minimum absolute atomic E-state index is 0.282. The largest absolute Gasteiger partial charge is 0.383 e. The van der Waals surface area contributed by atoms with Gasteiger partial charge in [0.2, 0.25) is 0 Å². The molecule has 0 bridgehead atoms. The van der Waals surface area contributed by atoms with E-state index in [4.69, 9.17) is 15.7 Å². The van der Waals surface area contributed by atoms with Crippen LogP contribution in [0.15, 0.2) is 85.1 Å². The van der Waals surface area contributed by atoms with Gasteiger partial charge in [-0.05, 0) is 54.8 Å². The first-order valence-corrected chi connectivity index (χ1v) is 13.7. The van der Waals surface area contributed by atoms with Crippen LogP contribution in [0.5, 0.6) is 0 Å². The number of rotatable bonds is 5. The van der Waals surface area contributed by atoms with Crippen LogP contribution < -0.4 is 5.73 Å². The molecule has 2 aliphatic rings. The summed E-state index contributed by atoms with van der Waals surface area (Å²) in [5.41, 5.74) is 13.1. The zero-order valence-corrected chi connectivity index (χ0v) is 22.2. The summed E-state index contributed by atoms with van der Waals surface area (Å²) in [4.78, 5) is 18.7. The van der Waals surface area contributed by atoms with E-state index in [9.17, 15) is 5.26 Å². The molecule has 198 valence electrons. The van der Waals surface area contributed by atoms with Crippen LogP contribution in [0, 0.1) is 16.9 Å².